The molecular weight excluding hydrogens is 414 g/mol. The maximum atomic E-state index is 13.1. The number of hydrogen-bond donors (Lipinski definition) is 0. The van der Waals surface area contributed by atoms with Gasteiger partial charge in [0.05, 0.1) is 0 Å². The summed E-state index contributed by atoms with van der Waals surface area (Å²) >= 11 is 3.45. The predicted octanol–water partition coefficient (Wildman–Crippen LogP) is 5.79. The average molecular weight is 436 g/mol. The van der Waals surface area contributed by atoms with Crippen molar-refractivity contribution in [1.29, 1.82) is 0 Å². The Kier molecular flexibility index (Phi) is 5.49. The Bertz CT molecular complexity index is 970. The largest absolute Gasteiger partial charge is 0.486 e. The van der Waals surface area contributed by atoms with E-state index in [-0.39, 0.29) is 12.0 Å². The van der Waals surface area contributed by atoms with Crippen molar-refractivity contribution in [3.63, 3.8) is 0 Å². The molecule has 0 saturated carbocycles. The topological polar surface area (TPSA) is 29.5 Å². The highest BCUT2D eigenvalue weighted by Crippen LogP contribution is 2.32. The monoisotopic (exact) mass is 435 g/mol. The molecular formula is C24H22BrNO2. The lowest BCUT2D eigenvalue weighted by molar-refractivity contribution is 0.0724. The number of ether oxygens (including phenoxy) is 1. The van der Waals surface area contributed by atoms with Crippen LogP contribution in [0.15, 0.2) is 77.3 Å². The number of rotatable bonds is 5. The summed E-state index contributed by atoms with van der Waals surface area (Å²) < 4.78 is 7.28. The van der Waals surface area contributed by atoms with E-state index in [1.807, 2.05) is 72.5 Å². The Morgan fingerprint density at radius 3 is 2.50 bits per heavy atom. The van der Waals surface area contributed by atoms with E-state index in [0.717, 1.165) is 38.9 Å². The van der Waals surface area contributed by atoms with E-state index in [9.17, 15) is 4.79 Å². The van der Waals surface area contributed by atoms with Gasteiger partial charge in [-0.3, -0.25) is 4.79 Å². The molecule has 3 aromatic carbocycles. The molecule has 0 aliphatic carbocycles. The number of fused-ring (bicyclic) bond motifs is 1. The summed E-state index contributed by atoms with van der Waals surface area (Å²) in [5.74, 6) is 0.882. The molecule has 0 spiro atoms. The van der Waals surface area contributed by atoms with E-state index >= 15 is 0 Å². The molecule has 3 aromatic rings. The summed E-state index contributed by atoms with van der Waals surface area (Å²) in [5, 5.41) is 0. The normalized spacial score (nSPS) is 14.5. The molecule has 0 aromatic heterocycles. The van der Waals surface area contributed by atoms with Crippen LogP contribution in [0.5, 0.6) is 5.75 Å². The summed E-state index contributed by atoms with van der Waals surface area (Å²) in [6.07, 6.45) is 0.735. The molecule has 4 heteroatoms. The SMILES string of the molecule is C[C@@H](Oc1cccc2c1CCN(Cc1ccc(Br)cc1)C2=O)c1ccccc1. The van der Waals surface area contributed by atoms with Crippen molar-refractivity contribution in [3.8, 4) is 5.75 Å². The molecule has 142 valence electrons. The van der Waals surface area contributed by atoms with Crippen LogP contribution in [0.4, 0.5) is 0 Å². The number of carbonyl (C=O) groups is 1. The molecule has 1 aliphatic heterocycles. The first kappa shape index (κ1) is 18.8. The van der Waals surface area contributed by atoms with Crippen LogP contribution in [0.2, 0.25) is 0 Å². The van der Waals surface area contributed by atoms with Gasteiger partial charge in [0.15, 0.2) is 0 Å². The van der Waals surface area contributed by atoms with Gasteiger partial charge < -0.3 is 9.64 Å². The summed E-state index contributed by atoms with van der Waals surface area (Å²) in [6, 6.07) is 24.0. The van der Waals surface area contributed by atoms with E-state index in [1.165, 1.54) is 0 Å². The van der Waals surface area contributed by atoms with Crippen LogP contribution < -0.4 is 4.74 Å². The van der Waals surface area contributed by atoms with Gasteiger partial charge in [0.25, 0.3) is 5.91 Å². The van der Waals surface area contributed by atoms with Crippen LogP contribution >= 0.6 is 15.9 Å². The summed E-state index contributed by atoms with van der Waals surface area (Å²) in [6.45, 7) is 3.36. The van der Waals surface area contributed by atoms with E-state index in [4.69, 9.17) is 4.74 Å². The van der Waals surface area contributed by atoms with Crippen LogP contribution in [0, 0.1) is 0 Å². The zero-order valence-corrected chi connectivity index (χ0v) is 17.4. The van der Waals surface area contributed by atoms with Gasteiger partial charge >= 0.3 is 0 Å². The second-order valence-corrected chi connectivity index (χ2v) is 7.97. The Morgan fingerprint density at radius 1 is 1.00 bits per heavy atom. The number of hydrogen-bond acceptors (Lipinski definition) is 2. The highest BCUT2D eigenvalue weighted by atomic mass is 79.9. The summed E-state index contributed by atoms with van der Waals surface area (Å²) in [4.78, 5) is 15.0. The molecule has 3 nitrogen and oxygen atoms in total. The van der Waals surface area contributed by atoms with Gasteiger partial charge in [-0.15, -0.1) is 0 Å². The van der Waals surface area contributed by atoms with Gasteiger partial charge in [-0.05, 0) is 48.7 Å². The van der Waals surface area contributed by atoms with Crippen LogP contribution in [-0.2, 0) is 13.0 Å². The van der Waals surface area contributed by atoms with Crippen molar-refractivity contribution in [1.82, 2.24) is 4.90 Å². The minimum absolute atomic E-state index is 0.0661. The molecule has 0 fully saturated rings. The third-order valence-corrected chi connectivity index (χ3v) is 5.67. The fraction of sp³-hybridized carbons (Fsp3) is 0.208. The van der Waals surface area contributed by atoms with E-state index < -0.39 is 0 Å². The summed E-state index contributed by atoms with van der Waals surface area (Å²) in [7, 11) is 0. The zero-order chi connectivity index (χ0) is 19.5. The molecule has 0 bridgehead atoms. The maximum Gasteiger partial charge on any atom is 0.254 e. The fourth-order valence-corrected chi connectivity index (χ4v) is 3.86. The van der Waals surface area contributed by atoms with Gasteiger partial charge in [0.2, 0.25) is 0 Å². The van der Waals surface area contributed by atoms with Crippen molar-refractivity contribution in [2.45, 2.75) is 26.0 Å². The lowest BCUT2D eigenvalue weighted by Crippen LogP contribution is -2.37. The van der Waals surface area contributed by atoms with Crippen LogP contribution in [0.1, 0.15) is 40.1 Å². The van der Waals surface area contributed by atoms with Crippen molar-refractivity contribution in [2.24, 2.45) is 0 Å². The quantitative estimate of drug-likeness (QED) is 0.507. The third-order valence-electron chi connectivity index (χ3n) is 5.14. The van der Waals surface area contributed by atoms with Crippen molar-refractivity contribution in [2.75, 3.05) is 6.54 Å². The number of halogens is 1. The molecule has 28 heavy (non-hydrogen) atoms. The number of nitrogens with zero attached hydrogens (tertiary/aromatic N) is 1. The number of amides is 1. The molecule has 1 amide bonds. The molecule has 1 aliphatic rings. The zero-order valence-electron chi connectivity index (χ0n) is 15.8. The van der Waals surface area contributed by atoms with Gasteiger partial charge in [0, 0.05) is 28.7 Å². The smallest absolute Gasteiger partial charge is 0.254 e. The van der Waals surface area contributed by atoms with E-state index in [2.05, 4.69) is 28.1 Å². The molecule has 0 N–H and O–H groups in total. The molecule has 0 saturated heterocycles. The average Bonchev–Trinajstić information content (AvgIpc) is 2.73. The Morgan fingerprint density at radius 2 is 1.75 bits per heavy atom. The lowest BCUT2D eigenvalue weighted by atomic mass is 9.97. The van der Waals surface area contributed by atoms with Gasteiger partial charge in [-0.1, -0.05) is 64.5 Å². The highest BCUT2D eigenvalue weighted by Gasteiger charge is 2.27. The van der Waals surface area contributed by atoms with Crippen LogP contribution in [0.3, 0.4) is 0 Å². The van der Waals surface area contributed by atoms with Crippen LogP contribution in [-0.4, -0.2) is 17.4 Å². The molecule has 1 heterocycles. The second-order valence-electron chi connectivity index (χ2n) is 7.06. The van der Waals surface area contributed by atoms with E-state index in [1.54, 1.807) is 0 Å². The van der Waals surface area contributed by atoms with Gasteiger partial charge in [-0.2, -0.15) is 0 Å². The molecule has 0 unspecified atom stereocenters. The number of carbonyl (C=O) groups excluding carboxylic acids is 1. The standard InChI is InChI=1S/C24H22BrNO2/c1-17(19-6-3-2-4-7-19)28-23-9-5-8-22-21(23)14-15-26(24(22)27)16-18-10-12-20(25)13-11-18/h2-13,17H,14-16H2,1H3/t17-/m1/s1. The third kappa shape index (κ3) is 3.97. The van der Waals surface area contributed by atoms with Gasteiger partial charge in [-0.25, -0.2) is 0 Å². The van der Waals surface area contributed by atoms with Crippen molar-refractivity contribution >= 4 is 21.8 Å². The maximum absolute atomic E-state index is 13.1. The summed E-state index contributed by atoms with van der Waals surface area (Å²) in [5.41, 5.74) is 4.02. The second kappa shape index (κ2) is 8.19. The first-order valence-electron chi connectivity index (χ1n) is 9.49. The molecule has 0 radical (unpaired) electrons. The Hall–Kier alpha value is -2.59. The Labute approximate surface area is 174 Å². The first-order valence-corrected chi connectivity index (χ1v) is 10.3. The van der Waals surface area contributed by atoms with E-state index in [0.29, 0.717) is 13.1 Å². The minimum Gasteiger partial charge on any atom is -0.486 e. The molecule has 1 atom stereocenters. The highest BCUT2D eigenvalue weighted by molar-refractivity contribution is 9.10. The van der Waals surface area contributed by atoms with Crippen molar-refractivity contribution < 1.29 is 9.53 Å². The van der Waals surface area contributed by atoms with Gasteiger partial charge in [0.1, 0.15) is 11.9 Å². The van der Waals surface area contributed by atoms with Crippen LogP contribution in [0.25, 0.3) is 0 Å². The first-order chi connectivity index (χ1) is 13.6. The minimum atomic E-state index is -0.0661. The predicted molar refractivity (Wildman–Crippen MR) is 115 cm³/mol. The molecule has 4 rings (SSSR count). The number of benzene rings is 3. The fourth-order valence-electron chi connectivity index (χ4n) is 3.60. The lowest BCUT2D eigenvalue weighted by Gasteiger charge is -2.30. The van der Waals surface area contributed by atoms with Crippen molar-refractivity contribution in [3.05, 3.63) is 99.5 Å². The Balaban J connectivity index is 1.53.